The van der Waals surface area contributed by atoms with Crippen molar-refractivity contribution < 1.29 is 9.21 Å². The van der Waals surface area contributed by atoms with Crippen molar-refractivity contribution in [3.8, 4) is 0 Å². The van der Waals surface area contributed by atoms with Crippen LogP contribution in [-0.4, -0.2) is 41.6 Å². The number of hydrogen-bond donors (Lipinski definition) is 1. The molecule has 0 aromatic carbocycles. The molecule has 1 fully saturated rings. The van der Waals surface area contributed by atoms with Crippen LogP contribution in [0.2, 0.25) is 0 Å². The second-order valence-electron chi connectivity index (χ2n) is 7.91. The fourth-order valence-electron chi connectivity index (χ4n) is 4.23. The summed E-state index contributed by atoms with van der Waals surface area (Å²) in [4.78, 5) is 15.1. The average Bonchev–Trinajstić information content (AvgIpc) is 3.17. The largest absolute Gasteiger partial charge is 0.467 e. The smallest absolute Gasteiger partial charge is 0.253 e. The van der Waals surface area contributed by atoms with Gasteiger partial charge in [0.15, 0.2) is 0 Å². The minimum Gasteiger partial charge on any atom is -0.467 e. The third-order valence-corrected chi connectivity index (χ3v) is 5.37. The number of piperidine rings is 1. The quantitative estimate of drug-likeness (QED) is 0.861. The van der Waals surface area contributed by atoms with E-state index in [9.17, 15) is 4.79 Å². The van der Waals surface area contributed by atoms with Gasteiger partial charge in [0, 0.05) is 37.6 Å². The Morgan fingerprint density at radius 3 is 2.65 bits per heavy atom. The zero-order valence-corrected chi connectivity index (χ0v) is 16.4. The van der Waals surface area contributed by atoms with Crippen LogP contribution in [0, 0.1) is 25.7 Å². The number of rotatable bonds is 6. The van der Waals surface area contributed by atoms with Gasteiger partial charge in [-0.3, -0.25) is 4.79 Å². The van der Waals surface area contributed by atoms with Crippen molar-refractivity contribution in [2.45, 2.75) is 40.7 Å². The van der Waals surface area contributed by atoms with E-state index in [4.69, 9.17) is 4.42 Å². The van der Waals surface area contributed by atoms with Gasteiger partial charge in [-0.05, 0) is 50.3 Å². The monoisotopic (exact) mass is 357 g/mol. The molecule has 5 nitrogen and oxygen atoms in total. The first-order valence-electron chi connectivity index (χ1n) is 9.63. The highest BCUT2D eigenvalue weighted by molar-refractivity contribution is 5.95. The summed E-state index contributed by atoms with van der Waals surface area (Å²) in [5.41, 5.74) is 2.81. The van der Waals surface area contributed by atoms with Gasteiger partial charge in [0.1, 0.15) is 5.76 Å². The molecule has 0 aliphatic carbocycles. The standard InChI is InChI=1S/C21H31N3O2/c1-15-10-16(2)13-23(12-15)8-7-22-21(25)20-11-17(3)24(18(20)4)14-19-6-5-9-26-19/h5-6,9,11,15-16H,7-8,10,12-14H2,1-4H3,(H,22,25). The van der Waals surface area contributed by atoms with Crippen LogP contribution < -0.4 is 5.32 Å². The molecule has 0 radical (unpaired) electrons. The molecular weight excluding hydrogens is 326 g/mol. The third-order valence-electron chi connectivity index (χ3n) is 5.37. The van der Waals surface area contributed by atoms with Crippen molar-refractivity contribution >= 4 is 5.91 Å². The van der Waals surface area contributed by atoms with E-state index in [-0.39, 0.29) is 5.91 Å². The number of amides is 1. The molecule has 1 aliphatic heterocycles. The van der Waals surface area contributed by atoms with Gasteiger partial charge in [-0.2, -0.15) is 0 Å². The molecule has 3 rings (SSSR count). The summed E-state index contributed by atoms with van der Waals surface area (Å²) < 4.78 is 7.57. The maximum absolute atomic E-state index is 12.6. The van der Waals surface area contributed by atoms with Crippen molar-refractivity contribution in [3.63, 3.8) is 0 Å². The maximum atomic E-state index is 12.6. The van der Waals surface area contributed by atoms with Gasteiger partial charge in [0.05, 0.1) is 18.4 Å². The van der Waals surface area contributed by atoms with E-state index in [1.807, 2.05) is 32.0 Å². The molecule has 5 heteroatoms. The van der Waals surface area contributed by atoms with Gasteiger partial charge in [0.25, 0.3) is 5.91 Å². The number of aromatic nitrogens is 1. The zero-order valence-electron chi connectivity index (χ0n) is 16.4. The van der Waals surface area contributed by atoms with Crippen LogP contribution in [0.25, 0.3) is 0 Å². The van der Waals surface area contributed by atoms with Crippen LogP contribution in [0.3, 0.4) is 0 Å². The summed E-state index contributed by atoms with van der Waals surface area (Å²) in [7, 11) is 0. The highest BCUT2D eigenvalue weighted by Crippen LogP contribution is 2.20. The van der Waals surface area contributed by atoms with E-state index in [0.29, 0.717) is 13.1 Å². The molecule has 1 amide bonds. The van der Waals surface area contributed by atoms with Gasteiger partial charge in [-0.25, -0.2) is 0 Å². The predicted octanol–water partition coefficient (Wildman–Crippen LogP) is 3.45. The van der Waals surface area contributed by atoms with Crippen molar-refractivity contribution in [2.24, 2.45) is 11.8 Å². The van der Waals surface area contributed by atoms with Crippen molar-refractivity contribution in [1.29, 1.82) is 0 Å². The second-order valence-corrected chi connectivity index (χ2v) is 7.91. The lowest BCUT2D eigenvalue weighted by molar-refractivity contribution is 0.0936. The second kappa shape index (κ2) is 8.12. The molecule has 142 valence electrons. The number of carbonyl (C=O) groups is 1. The van der Waals surface area contributed by atoms with Crippen LogP contribution in [0.1, 0.15) is 47.8 Å². The molecule has 3 heterocycles. The molecule has 0 bridgehead atoms. The van der Waals surface area contributed by atoms with Crippen molar-refractivity contribution in [2.75, 3.05) is 26.2 Å². The Morgan fingerprint density at radius 2 is 2.00 bits per heavy atom. The Bertz CT molecular complexity index is 723. The molecule has 2 aromatic heterocycles. The van der Waals surface area contributed by atoms with E-state index in [1.165, 1.54) is 6.42 Å². The van der Waals surface area contributed by atoms with Crippen molar-refractivity contribution in [1.82, 2.24) is 14.8 Å². The van der Waals surface area contributed by atoms with E-state index < -0.39 is 0 Å². The number of carbonyl (C=O) groups excluding carboxylic acids is 1. The lowest BCUT2D eigenvalue weighted by Gasteiger charge is -2.34. The number of aryl methyl sites for hydroxylation is 1. The van der Waals surface area contributed by atoms with Crippen LogP contribution in [0.5, 0.6) is 0 Å². The topological polar surface area (TPSA) is 50.4 Å². The number of nitrogens with one attached hydrogen (secondary N) is 1. The first kappa shape index (κ1) is 18.8. The fourth-order valence-corrected chi connectivity index (χ4v) is 4.23. The highest BCUT2D eigenvalue weighted by Gasteiger charge is 2.22. The summed E-state index contributed by atoms with van der Waals surface area (Å²) in [5, 5.41) is 3.10. The first-order chi connectivity index (χ1) is 12.4. The van der Waals surface area contributed by atoms with Gasteiger partial charge < -0.3 is 19.2 Å². The zero-order chi connectivity index (χ0) is 18.7. The fraction of sp³-hybridized carbons (Fsp3) is 0.571. The molecule has 1 N–H and O–H groups in total. The SMILES string of the molecule is Cc1cc(C(=O)NCCN2CC(C)CC(C)C2)c(C)n1Cc1ccco1. The minimum atomic E-state index is 0.0156. The number of nitrogens with zero attached hydrogens (tertiary/aromatic N) is 2. The van der Waals surface area contributed by atoms with Gasteiger partial charge >= 0.3 is 0 Å². The Kier molecular flexibility index (Phi) is 5.87. The Hall–Kier alpha value is -2.01. The molecule has 1 saturated heterocycles. The third kappa shape index (κ3) is 4.39. The normalized spacial score (nSPS) is 21.1. The van der Waals surface area contributed by atoms with Crippen molar-refractivity contribution in [3.05, 3.63) is 47.2 Å². The summed E-state index contributed by atoms with van der Waals surface area (Å²) in [6, 6.07) is 5.82. The minimum absolute atomic E-state index is 0.0156. The van der Waals surface area contributed by atoms with E-state index in [1.54, 1.807) is 6.26 Å². The average molecular weight is 357 g/mol. The number of hydrogen-bond acceptors (Lipinski definition) is 3. The molecule has 0 saturated carbocycles. The number of likely N-dealkylation sites (tertiary alicyclic amines) is 1. The Balaban J connectivity index is 1.56. The van der Waals surface area contributed by atoms with E-state index in [0.717, 1.165) is 54.2 Å². The summed E-state index contributed by atoms with van der Waals surface area (Å²) in [6.07, 6.45) is 2.99. The molecule has 1 aliphatic rings. The molecular formula is C21H31N3O2. The summed E-state index contributed by atoms with van der Waals surface area (Å²) >= 11 is 0. The Morgan fingerprint density at radius 1 is 1.27 bits per heavy atom. The van der Waals surface area contributed by atoms with E-state index in [2.05, 4.69) is 28.6 Å². The van der Waals surface area contributed by atoms with Crippen LogP contribution in [0.15, 0.2) is 28.9 Å². The number of furan rings is 1. The highest BCUT2D eigenvalue weighted by atomic mass is 16.3. The van der Waals surface area contributed by atoms with Gasteiger partial charge in [-0.1, -0.05) is 13.8 Å². The molecule has 26 heavy (non-hydrogen) atoms. The molecule has 2 unspecified atom stereocenters. The lowest BCUT2D eigenvalue weighted by Crippen LogP contribution is -2.42. The van der Waals surface area contributed by atoms with Crippen LogP contribution in [0.4, 0.5) is 0 Å². The molecule has 0 spiro atoms. The van der Waals surface area contributed by atoms with Crippen LogP contribution >= 0.6 is 0 Å². The molecule has 2 atom stereocenters. The maximum Gasteiger partial charge on any atom is 0.253 e. The lowest BCUT2D eigenvalue weighted by atomic mass is 9.92. The summed E-state index contributed by atoms with van der Waals surface area (Å²) in [6.45, 7) is 13.2. The van der Waals surface area contributed by atoms with Gasteiger partial charge in [0.2, 0.25) is 0 Å². The van der Waals surface area contributed by atoms with E-state index >= 15 is 0 Å². The van der Waals surface area contributed by atoms with Crippen LogP contribution in [-0.2, 0) is 6.54 Å². The molecule has 2 aromatic rings. The Labute approximate surface area is 156 Å². The van der Waals surface area contributed by atoms with Gasteiger partial charge in [-0.15, -0.1) is 0 Å². The first-order valence-corrected chi connectivity index (χ1v) is 9.63. The summed E-state index contributed by atoms with van der Waals surface area (Å²) in [5.74, 6) is 2.40. The predicted molar refractivity (Wildman–Crippen MR) is 103 cm³/mol.